The molecule has 2 rings (SSSR count). The topological polar surface area (TPSA) is 79.1 Å². The molecule has 17 heavy (non-hydrogen) atoms. The molecule has 4 nitrogen and oxygen atoms in total. The first-order chi connectivity index (χ1) is 8.19. The van der Waals surface area contributed by atoms with Crippen LogP contribution >= 0.6 is 11.5 Å². The number of benzene rings is 1. The van der Waals surface area contributed by atoms with Gasteiger partial charge in [0, 0.05) is 12.1 Å². The quantitative estimate of drug-likeness (QED) is 0.756. The van der Waals surface area contributed by atoms with Gasteiger partial charge in [0.05, 0.1) is 11.5 Å². The zero-order valence-corrected chi connectivity index (χ0v) is 10.0. The minimum atomic E-state index is -0.218. The third-order valence-corrected chi connectivity index (χ3v) is 3.37. The molecule has 0 saturated heterocycles. The molecule has 0 bridgehead atoms. The van der Waals surface area contributed by atoms with E-state index in [1.807, 2.05) is 24.3 Å². The highest BCUT2D eigenvalue weighted by Crippen LogP contribution is 2.21. The summed E-state index contributed by atoms with van der Waals surface area (Å²) >= 11 is 1.32. The van der Waals surface area contributed by atoms with Gasteiger partial charge in [0.2, 0.25) is 0 Å². The molecule has 0 aliphatic rings. The van der Waals surface area contributed by atoms with Gasteiger partial charge in [-0.3, -0.25) is 9.17 Å². The maximum absolute atomic E-state index is 11.0. The van der Waals surface area contributed by atoms with Crippen LogP contribution in [0.15, 0.2) is 35.1 Å². The van der Waals surface area contributed by atoms with E-state index in [4.69, 9.17) is 10.8 Å². The summed E-state index contributed by atoms with van der Waals surface area (Å²) in [6, 6.07) is 9.21. The molecular weight excluding hydrogens is 236 g/mol. The predicted molar refractivity (Wildman–Crippen MR) is 69.1 cm³/mol. The first kappa shape index (κ1) is 12.0. The molecule has 0 aliphatic heterocycles. The van der Waals surface area contributed by atoms with Crippen LogP contribution in [0.3, 0.4) is 0 Å². The summed E-state index contributed by atoms with van der Waals surface area (Å²) in [5.41, 5.74) is 7.68. The van der Waals surface area contributed by atoms with Gasteiger partial charge < -0.3 is 10.8 Å². The van der Waals surface area contributed by atoms with Crippen LogP contribution in [0.1, 0.15) is 5.56 Å². The summed E-state index contributed by atoms with van der Waals surface area (Å²) in [4.78, 5) is 11.9. The standard InChI is InChI=1S/C12H14N2O2S/c13-10(7-15)5-8-1-3-9(4-2-8)11-6-12(16)14-17-11/h1-4,6,10,15H,5,7,13H2,(H,14,16)/t10-/m0/s1. The fourth-order valence-electron chi connectivity index (χ4n) is 1.60. The highest BCUT2D eigenvalue weighted by molar-refractivity contribution is 7.09. The molecule has 0 amide bonds. The van der Waals surface area contributed by atoms with Crippen LogP contribution in [0.25, 0.3) is 10.4 Å². The van der Waals surface area contributed by atoms with Crippen molar-refractivity contribution in [1.82, 2.24) is 4.37 Å². The van der Waals surface area contributed by atoms with Crippen molar-refractivity contribution >= 4 is 11.5 Å². The normalized spacial score (nSPS) is 12.6. The summed E-state index contributed by atoms with van der Waals surface area (Å²) in [5, 5.41) is 8.87. The Morgan fingerprint density at radius 1 is 1.35 bits per heavy atom. The van der Waals surface area contributed by atoms with E-state index in [1.165, 1.54) is 11.5 Å². The lowest BCUT2D eigenvalue weighted by Crippen LogP contribution is -2.26. The molecule has 4 N–H and O–H groups in total. The van der Waals surface area contributed by atoms with Gasteiger partial charge in [-0.2, -0.15) is 0 Å². The third-order valence-electron chi connectivity index (χ3n) is 2.49. The zero-order valence-electron chi connectivity index (χ0n) is 9.22. The number of rotatable bonds is 4. The number of nitrogens with one attached hydrogen (secondary N) is 1. The maximum Gasteiger partial charge on any atom is 0.258 e. The average Bonchev–Trinajstić information content (AvgIpc) is 2.77. The first-order valence-electron chi connectivity index (χ1n) is 5.33. The lowest BCUT2D eigenvalue weighted by Gasteiger charge is -2.08. The molecule has 0 unspecified atom stereocenters. The van der Waals surface area contributed by atoms with Crippen molar-refractivity contribution in [3.05, 3.63) is 46.2 Å². The smallest absolute Gasteiger partial charge is 0.258 e. The average molecular weight is 250 g/mol. The highest BCUT2D eigenvalue weighted by Gasteiger charge is 2.04. The Bertz CT molecular complexity index is 530. The molecule has 1 aromatic carbocycles. The van der Waals surface area contributed by atoms with Gasteiger partial charge in [-0.05, 0) is 17.5 Å². The van der Waals surface area contributed by atoms with E-state index in [1.54, 1.807) is 6.07 Å². The Morgan fingerprint density at radius 2 is 2.06 bits per heavy atom. The number of hydrogen-bond acceptors (Lipinski definition) is 4. The Kier molecular flexibility index (Phi) is 3.73. The van der Waals surface area contributed by atoms with Crippen molar-refractivity contribution in [3.63, 3.8) is 0 Å². The number of aromatic nitrogens is 1. The zero-order chi connectivity index (χ0) is 12.3. The van der Waals surface area contributed by atoms with Gasteiger partial charge in [0.25, 0.3) is 5.56 Å². The van der Waals surface area contributed by atoms with Crippen LogP contribution in [-0.4, -0.2) is 22.1 Å². The fraction of sp³-hybridized carbons (Fsp3) is 0.250. The summed E-state index contributed by atoms with van der Waals surface area (Å²) in [7, 11) is 0. The molecule has 5 heteroatoms. The van der Waals surface area contributed by atoms with E-state index in [0.717, 1.165) is 16.0 Å². The Labute approximate surface area is 103 Å². The Morgan fingerprint density at radius 3 is 2.59 bits per heavy atom. The molecule has 0 aliphatic carbocycles. The lowest BCUT2D eigenvalue weighted by atomic mass is 10.0. The van der Waals surface area contributed by atoms with Crippen molar-refractivity contribution in [2.45, 2.75) is 12.5 Å². The van der Waals surface area contributed by atoms with Gasteiger partial charge in [0.1, 0.15) is 0 Å². The molecule has 90 valence electrons. The molecule has 1 aromatic heterocycles. The number of aliphatic hydroxyl groups is 1. The molecule has 1 atom stereocenters. The van der Waals surface area contributed by atoms with Gasteiger partial charge in [0.15, 0.2) is 0 Å². The number of aromatic amines is 1. The van der Waals surface area contributed by atoms with Crippen LogP contribution < -0.4 is 11.3 Å². The lowest BCUT2D eigenvalue weighted by molar-refractivity contribution is 0.265. The number of nitrogens with two attached hydrogens (primary N) is 1. The minimum Gasteiger partial charge on any atom is -0.395 e. The first-order valence-corrected chi connectivity index (χ1v) is 6.15. The Hall–Kier alpha value is -1.43. The van der Waals surface area contributed by atoms with Crippen LogP contribution in [0.5, 0.6) is 0 Å². The molecule has 2 aromatic rings. The summed E-state index contributed by atoms with van der Waals surface area (Å²) in [6.07, 6.45) is 0.653. The maximum atomic E-state index is 11.0. The third kappa shape index (κ3) is 3.03. The number of hydrogen-bond donors (Lipinski definition) is 3. The molecule has 0 spiro atoms. The second kappa shape index (κ2) is 5.27. The van der Waals surface area contributed by atoms with Crippen molar-refractivity contribution < 1.29 is 5.11 Å². The predicted octanol–water partition coefficient (Wildman–Crippen LogP) is 0.966. The van der Waals surface area contributed by atoms with Crippen molar-refractivity contribution in [2.24, 2.45) is 5.73 Å². The monoisotopic (exact) mass is 250 g/mol. The van der Waals surface area contributed by atoms with Gasteiger partial charge in [-0.25, -0.2) is 0 Å². The van der Waals surface area contributed by atoms with Gasteiger partial charge in [-0.1, -0.05) is 35.8 Å². The second-order valence-electron chi connectivity index (χ2n) is 3.92. The molecular formula is C12H14N2O2S. The van der Waals surface area contributed by atoms with E-state index in [0.29, 0.717) is 6.42 Å². The van der Waals surface area contributed by atoms with E-state index < -0.39 is 0 Å². The fourth-order valence-corrected chi connectivity index (χ4v) is 2.29. The van der Waals surface area contributed by atoms with Crippen molar-refractivity contribution in [1.29, 1.82) is 0 Å². The SMILES string of the molecule is N[C@H](CO)Cc1ccc(-c2cc(=O)[nH]s2)cc1. The minimum absolute atomic E-state index is 0.0127. The summed E-state index contributed by atoms with van der Waals surface area (Å²) < 4.78 is 2.66. The Balaban J connectivity index is 2.15. The molecule has 0 radical (unpaired) electrons. The van der Waals surface area contributed by atoms with Crippen LogP contribution in [0, 0.1) is 0 Å². The second-order valence-corrected chi connectivity index (χ2v) is 4.77. The molecule has 0 fully saturated rings. The van der Waals surface area contributed by atoms with Crippen LogP contribution in [-0.2, 0) is 6.42 Å². The number of H-pyrrole nitrogens is 1. The summed E-state index contributed by atoms with van der Waals surface area (Å²) in [5.74, 6) is 0. The van der Waals surface area contributed by atoms with Crippen molar-refractivity contribution in [3.8, 4) is 10.4 Å². The summed E-state index contributed by atoms with van der Waals surface area (Å²) in [6.45, 7) is -0.0127. The highest BCUT2D eigenvalue weighted by atomic mass is 32.1. The van der Waals surface area contributed by atoms with E-state index in [2.05, 4.69) is 4.37 Å². The van der Waals surface area contributed by atoms with Gasteiger partial charge in [-0.15, -0.1) is 0 Å². The van der Waals surface area contributed by atoms with Gasteiger partial charge >= 0.3 is 0 Å². The van der Waals surface area contributed by atoms with Crippen molar-refractivity contribution in [2.75, 3.05) is 6.61 Å². The molecule has 1 heterocycles. The van der Waals surface area contributed by atoms with E-state index >= 15 is 0 Å². The van der Waals surface area contributed by atoms with E-state index in [9.17, 15) is 4.79 Å². The molecule has 0 saturated carbocycles. The number of aliphatic hydroxyl groups excluding tert-OH is 1. The van der Waals surface area contributed by atoms with Crippen LogP contribution in [0.4, 0.5) is 0 Å². The van der Waals surface area contributed by atoms with Crippen LogP contribution in [0.2, 0.25) is 0 Å². The van der Waals surface area contributed by atoms with E-state index in [-0.39, 0.29) is 18.2 Å². The largest absolute Gasteiger partial charge is 0.395 e.